The van der Waals surface area contributed by atoms with Crippen molar-refractivity contribution in [3.63, 3.8) is 0 Å². The summed E-state index contributed by atoms with van der Waals surface area (Å²) in [6.07, 6.45) is 4.26. The van der Waals surface area contributed by atoms with Crippen LogP contribution >= 0.6 is 0 Å². The van der Waals surface area contributed by atoms with Crippen LogP contribution < -0.4 is 9.62 Å². The molecule has 24 heavy (non-hydrogen) atoms. The molecular weight excluding hydrogens is 322 g/mol. The molecule has 0 bridgehead atoms. The average Bonchev–Trinajstić information content (AvgIpc) is 2.60. The van der Waals surface area contributed by atoms with E-state index in [1.165, 1.54) is 11.1 Å². The Labute approximate surface area is 143 Å². The Morgan fingerprint density at radius 1 is 1.17 bits per heavy atom. The molecular formula is C18H23N3O2S. The zero-order valence-electron chi connectivity index (χ0n) is 13.9. The third-order valence-electron chi connectivity index (χ3n) is 4.27. The molecule has 0 amide bonds. The number of unbranched alkanes of at least 4 members (excludes halogenated alkanes) is 1. The summed E-state index contributed by atoms with van der Waals surface area (Å²) >= 11 is 0. The summed E-state index contributed by atoms with van der Waals surface area (Å²) < 4.78 is 26.4. The lowest BCUT2D eigenvalue weighted by atomic mass is 10.00. The Morgan fingerprint density at radius 3 is 2.67 bits per heavy atom. The smallest absolute Gasteiger partial charge is 0.233 e. The van der Waals surface area contributed by atoms with Gasteiger partial charge >= 0.3 is 0 Å². The van der Waals surface area contributed by atoms with E-state index < -0.39 is 10.0 Å². The molecule has 0 aliphatic carbocycles. The predicted octanol–water partition coefficient (Wildman–Crippen LogP) is 3.19. The largest absolute Gasteiger partial charge is 0.366 e. The minimum Gasteiger partial charge on any atom is -0.366 e. The van der Waals surface area contributed by atoms with E-state index in [-0.39, 0.29) is 5.75 Å². The topological polar surface area (TPSA) is 62.3 Å². The Bertz CT molecular complexity index is 788. The number of benzene rings is 1. The van der Waals surface area contributed by atoms with Gasteiger partial charge in [0, 0.05) is 13.1 Å². The van der Waals surface area contributed by atoms with Gasteiger partial charge in [-0.25, -0.2) is 13.4 Å². The van der Waals surface area contributed by atoms with Crippen molar-refractivity contribution in [3.05, 3.63) is 53.7 Å². The highest BCUT2D eigenvalue weighted by Crippen LogP contribution is 2.24. The van der Waals surface area contributed by atoms with E-state index in [9.17, 15) is 8.42 Å². The van der Waals surface area contributed by atoms with Crippen LogP contribution in [-0.4, -0.2) is 25.7 Å². The van der Waals surface area contributed by atoms with E-state index >= 15 is 0 Å². The van der Waals surface area contributed by atoms with E-state index in [1.807, 2.05) is 13.0 Å². The monoisotopic (exact) mass is 345 g/mol. The summed E-state index contributed by atoms with van der Waals surface area (Å²) in [4.78, 5) is 6.54. The molecule has 0 radical (unpaired) electrons. The lowest BCUT2D eigenvalue weighted by molar-refractivity contribution is 0.597. The number of hydrogen-bond acceptors (Lipinski definition) is 4. The van der Waals surface area contributed by atoms with Gasteiger partial charge in [0.05, 0.1) is 17.6 Å². The fourth-order valence-corrected chi connectivity index (χ4v) is 4.10. The van der Waals surface area contributed by atoms with Crippen LogP contribution in [0.4, 0.5) is 11.5 Å². The molecule has 5 nitrogen and oxygen atoms in total. The highest BCUT2D eigenvalue weighted by molar-refractivity contribution is 7.92. The Kier molecular flexibility index (Phi) is 5.04. The number of fused-ring (bicyclic) bond motifs is 1. The molecule has 1 aliphatic rings. The van der Waals surface area contributed by atoms with Gasteiger partial charge in [-0.15, -0.1) is 0 Å². The second kappa shape index (κ2) is 7.21. The Morgan fingerprint density at radius 2 is 1.96 bits per heavy atom. The van der Waals surface area contributed by atoms with Crippen molar-refractivity contribution in [3.8, 4) is 0 Å². The van der Waals surface area contributed by atoms with Crippen LogP contribution in [-0.2, 0) is 23.0 Å². The van der Waals surface area contributed by atoms with Crippen LogP contribution in [0.2, 0.25) is 0 Å². The van der Waals surface area contributed by atoms with Gasteiger partial charge in [-0.1, -0.05) is 37.6 Å². The second-order valence-corrected chi connectivity index (χ2v) is 7.96. The predicted molar refractivity (Wildman–Crippen MR) is 97.8 cm³/mol. The van der Waals surface area contributed by atoms with Gasteiger partial charge in [0.2, 0.25) is 10.0 Å². The molecule has 2 aromatic rings. The van der Waals surface area contributed by atoms with Crippen LogP contribution in [0.25, 0.3) is 0 Å². The quantitative estimate of drug-likeness (QED) is 0.873. The molecule has 6 heteroatoms. The van der Waals surface area contributed by atoms with Gasteiger partial charge < -0.3 is 4.90 Å². The number of aromatic nitrogens is 1. The number of sulfonamides is 1. The number of anilines is 2. The lowest BCUT2D eigenvalue weighted by Crippen LogP contribution is -2.30. The standard InChI is InChI=1S/C18H23N3O2S/c1-2-3-12-24(22,23)20-18-9-8-17(13-19-18)21-11-10-15-6-4-5-7-16(15)14-21/h4-9,13H,2-3,10-12,14H2,1H3,(H,19,20). The fourth-order valence-electron chi connectivity index (χ4n) is 2.89. The number of rotatable bonds is 6. The van der Waals surface area contributed by atoms with Crippen LogP contribution in [0, 0.1) is 0 Å². The summed E-state index contributed by atoms with van der Waals surface area (Å²) in [6.45, 7) is 3.78. The molecule has 1 aromatic heterocycles. The molecule has 0 saturated carbocycles. The zero-order valence-corrected chi connectivity index (χ0v) is 14.7. The molecule has 1 aromatic carbocycles. The van der Waals surface area contributed by atoms with E-state index in [0.29, 0.717) is 12.2 Å². The molecule has 0 spiro atoms. The zero-order chi connectivity index (χ0) is 17.0. The van der Waals surface area contributed by atoms with E-state index in [0.717, 1.165) is 31.6 Å². The molecule has 3 rings (SSSR count). The highest BCUT2D eigenvalue weighted by Gasteiger charge is 2.17. The first kappa shape index (κ1) is 16.8. The molecule has 0 unspecified atom stereocenters. The summed E-state index contributed by atoms with van der Waals surface area (Å²) in [6, 6.07) is 12.1. The van der Waals surface area contributed by atoms with Crippen molar-refractivity contribution >= 4 is 21.5 Å². The second-order valence-electron chi connectivity index (χ2n) is 6.12. The molecule has 1 aliphatic heterocycles. The molecule has 0 atom stereocenters. The van der Waals surface area contributed by atoms with Crippen molar-refractivity contribution in [1.29, 1.82) is 0 Å². The van der Waals surface area contributed by atoms with Gasteiger partial charge in [0.1, 0.15) is 5.82 Å². The van der Waals surface area contributed by atoms with Gasteiger partial charge in [0.15, 0.2) is 0 Å². The number of hydrogen-bond donors (Lipinski definition) is 1. The number of pyridine rings is 1. The number of nitrogens with one attached hydrogen (secondary N) is 1. The van der Waals surface area contributed by atoms with E-state index in [1.54, 1.807) is 12.3 Å². The minimum absolute atomic E-state index is 0.135. The maximum atomic E-state index is 11.9. The molecule has 0 fully saturated rings. The van der Waals surface area contributed by atoms with Gasteiger partial charge in [0.25, 0.3) is 0 Å². The van der Waals surface area contributed by atoms with Crippen LogP contribution in [0.3, 0.4) is 0 Å². The van der Waals surface area contributed by atoms with Gasteiger partial charge in [-0.3, -0.25) is 4.72 Å². The van der Waals surface area contributed by atoms with Gasteiger partial charge in [-0.2, -0.15) is 0 Å². The van der Waals surface area contributed by atoms with E-state index in [2.05, 4.69) is 38.9 Å². The minimum atomic E-state index is -3.30. The molecule has 128 valence electrons. The van der Waals surface area contributed by atoms with Crippen LogP contribution in [0.5, 0.6) is 0 Å². The summed E-state index contributed by atoms with van der Waals surface area (Å²) in [7, 11) is -3.30. The molecule has 0 saturated heterocycles. The maximum absolute atomic E-state index is 11.9. The van der Waals surface area contributed by atoms with Crippen molar-refractivity contribution in [2.45, 2.75) is 32.7 Å². The first-order valence-corrected chi connectivity index (χ1v) is 10.0. The van der Waals surface area contributed by atoms with Gasteiger partial charge in [-0.05, 0) is 36.1 Å². The first-order valence-electron chi connectivity index (χ1n) is 8.35. The Balaban J connectivity index is 1.67. The first-order chi connectivity index (χ1) is 11.6. The lowest BCUT2D eigenvalue weighted by Gasteiger charge is -2.30. The summed E-state index contributed by atoms with van der Waals surface area (Å²) in [5.41, 5.74) is 3.76. The van der Waals surface area contributed by atoms with E-state index in [4.69, 9.17) is 0 Å². The van der Waals surface area contributed by atoms with Crippen LogP contribution in [0.15, 0.2) is 42.6 Å². The summed E-state index contributed by atoms with van der Waals surface area (Å²) in [5.74, 6) is 0.516. The molecule has 1 N–H and O–H groups in total. The Hall–Kier alpha value is -2.08. The third-order valence-corrected chi connectivity index (χ3v) is 5.62. The van der Waals surface area contributed by atoms with Crippen molar-refractivity contribution < 1.29 is 8.42 Å². The number of nitrogens with zero attached hydrogens (tertiary/aromatic N) is 2. The fraction of sp³-hybridized carbons (Fsp3) is 0.389. The average molecular weight is 345 g/mol. The van der Waals surface area contributed by atoms with Crippen molar-refractivity contribution in [2.24, 2.45) is 0 Å². The molecule has 2 heterocycles. The normalized spacial score (nSPS) is 14.3. The third kappa shape index (κ3) is 4.06. The maximum Gasteiger partial charge on any atom is 0.233 e. The van der Waals surface area contributed by atoms with Crippen molar-refractivity contribution in [1.82, 2.24) is 4.98 Å². The van der Waals surface area contributed by atoms with Crippen LogP contribution in [0.1, 0.15) is 30.9 Å². The summed E-state index contributed by atoms with van der Waals surface area (Å²) in [5, 5.41) is 0. The SMILES string of the molecule is CCCCS(=O)(=O)Nc1ccc(N2CCc3ccccc3C2)cn1. The highest BCUT2D eigenvalue weighted by atomic mass is 32.2. The van der Waals surface area contributed by atoms with Crippen molar-refractivity contribution in [2.75, 3.05) is 21.9 Å².